The third-order valence-corrected chi connectivity index (χ3v) is 0. The molecule has 0 saturated carbocycles. The van der Waals surface area contributed by atoms with Gasteiger partial charge in [-0.3, -0.25) is 0 Å². The molecule has 0 heterocycles. The Morgan fingerprint density at radius 1 is 1.00 bits per heavy atom. The summed E-state index contributed by atoms with van der Waals surface area (Å²) in [5, 5.41) is 0. The molecular formula is AuCuTiW. The summed E-state index contributed by atoms with van der Waals surface area (Å²) < 4.78 is 0. The molecule has 0 aromatic carbocycles. The van der Waals surface area contributed by atoms with Crippen molar-refractivity contribution in [1.29, 1.82) is 0 Å². The van der Waals surface area contributed by atoms with Gasteiger partial charge in [-0.2, -0.15) is 0 Å². The molecule has 0 rings (SSSR count). The van der Waals surface area contributed by atoms with E-state index in [0.29, 0.717) is 0 Å². The summed E-state index contributed by atoms with van der Waals surface area (Å²) in [5.74, 6) is 0. The molecule has 4 heavy (non-hydrogen) atoms. The van der Waals surface area contributed by atoms with Gasteiger partial charge in [0, 0.05) is 82.2 Å². The van der Waals surface area contributed by atoms with E-state index in [2.05, 4.69) is 0 Å². The summed E-state index contributed by atoms with van der Waals surface area (Å²) in [4.78, 5) is 0. The molecule has 0 spiro atoms. The van der Waals surface area contributed by atoms with E-state index in [1.165, 1.54) is 0 Å². The van der Waals surface area contributed by atoms with Crippen LogP contribution in [-0.2, 0) is 82.2 Å². The predicted molar refractivity (Wildman–Crippen MR) is 0 cm³/mol. The van der Waals surface area contributed by atoms with Gasteiger partial charge < -0.3 is 0 Å². The fourth-order valence-corrected chi connectivity index (χ4v) is 0. The average molecular weight is 492 g/mol. The summed E-state index contributed by atoms with van der Waals surface area (Å²) in [6, 6.07) is 0. The maximum Gasteiger partial charge on any atom is 0 e. The summed E-state index contributed by atoms with van der Waals surface area (Å²) in [6.07, 6.45) is 0. The molecule has 32 valence electrons. The molecular weight excluding hydrogens is 492 g/mol. The van der Waals surface area contributed by atoms with Gasteiger partial charge in [-0.25, -0.2) is 0 Å². The van der Waals surface area contributed by atoms with Gasteiger partial charge in [0.15, 0.2) is 0 Å². The Bertz CT molecular complexity index is 8.00. The third kappa shape index (κ3) is 8.82. The van der Waals surface area contributed by atoms with Crippen molar-refractivity contribution < 1.29 is 82.2 Å². The van der Waals surface area contributed by atoms with E-state index in [1.807, 2.05) is 0 Å². The first kappa shape index (κ1) is 30.1. The quantitative estimate of drug-likeness (QED) is 0.418. The molecule has 0 saturated heterocycles. The Kier molecular flexibility index (Phi) is 131. The first-order valence-electron chi connectivity index (χ1n) is 0. The van der Waals surface area contributed by atoms with E-state index in [0.717, 1.165) is 0 Å². The maximum absolute atomic E-state index is 0. The SMILES string of the molecule is [Au].[Cu].[Ti].[W]. The third-order valence-electron chi connectivity index (χ3n) is 0. The Labute approximate surface area is 81.0 Å². The van der Waals surface area contributed by atoms with Crippen LogP contribution in [0.1, 0.15) is 0 Å². The molecule has 0 fully saturated rings. The van der Waals surface area contributed by atoms with Gasteiger partial charge in [0.05, 0.1) is 0 Å². The van der Waals surface area contributed by atoms with Gasteiger partial charge in [-0.05, 0) is 0 Å². The molecule has 0 N–H and O–H groups in total. The van der Waals surface area contributed by atoms with Crippen molar-refractivity contribution in [3.05, 3.63) is 0 Å². The molecule has 0 bridgehead atoms. The van der Waals surface area contributed by atoms with Crippen molar-refractivity contribution in [2.24, 2.45) is 0 Å². The van der Waals surface area contributed by atoms with E-state index in [-0.39, 0.29) is 82.2 Å². The van der Waals surface area contributed by atoms with Crippen LogP contribution in [0.2, 0.25) is 0 Å². The molecule has 0 amide bonds. The van der Waals surface area contributed by atoms with Crippen molar-refractivity contribution in [1.82, 2.24) is 0 Å². The van der Waals surface area contributed by atoms with E-state index in [9.17, 15) is 0 Å². The van der Waals surface area contributed by atoms with Crippen LogP contribution in [0.5, 0.6) is 0 Å². The van der Waals surface area contributed by atoms with Crippen molar-refractivity contribution in [2.45, 2.75) is 0 Å². The van der Waals surface area contributed by atoms with Gasteiger partial charge >= 0.3 is 0 Å². The largest absolute Gasteiger partial charge is 0 e. The summed E-state index contributed by atoms with van der Waals surface area (Å²) >= 11 is 0. The number of rotatable bonds is 0. The molecule has 0 unspecified atom stereocenters. The van der Waals surface area contributed by atoms with Gasteiger partial charge in [-0.1, -0.05) is 0 Å². The van der Waals surface area contributed by atoms with Crippen LogP contribution < -0.4 is 0 Å². The topological polar surface area (TPSA) is 0 Å². The molecule has 0 aromatic rings. The zero-order valence-electron chi connectivity index (χ0n) is 1.51. The standard InChI is InChI=1S/Au.Cu.Ti.W. The van der Waals surface area contributed by atoms with Crippen LogP contribution in [0.25, 0.3) is 0 Å². The van der Waals surface area contributed by atoms with E-state index < -0.39 is 0 Å². The van der Waals surface area contributed by atoms with Gasteiger partial charge in [0.25, 0.3) is 0 Å². The monoisotopic (exact) mass is 492 g/mol. The Hall–Kier alpha value is 2.66. The van der Waals surface area contributed by atoms with Crippen LogP contribution in [0.3, 0.4) is 0 Å². The minimum Gasteiger partial charge on any atom is 0 e. The molecule has 0 aliphatic rings. The molecule has 0 aromatic heterocycles. The minimum absolute atomic E-state index is 0. The summed E-state index contributed by atoms with van der Waals surface area (Å²) in [7, 11) is 0. The van der Waals surface area contributed by atoms with Crippen molar-refractivity contribution in [2.75, 3.05) is 0 Å². The fraction of sp³-hybridized carbons (Fsp3) is 0. The second-order valence-corrected chi connectivity index (χ2v) is 0. The van der Waals surface area contributed by atoms with Gasteiger partial charge in [0.2, 0.25) is 0 Å². The Morgan fingerprint density at radius 2 is 1.00 bits per heavy atom. The second-order valence-electron chi connectivity index (χ2n) is 0. The summed E-state index contributed by atoms with van der Waals surface area (Å²) in [6.45, 7) is 0. The summed E-state index contributed by atoms with van der Waals surface area (Å²) in [5.41, 5.74) is 0. The van der Waals surface area contributed by atoms with Gasteiger partial charge in [0.1, 0.15) is 0 Å². The number of hydrogen-bond donors (Lipinski definition) is 0. The minimum atomic E-state index is 0. The Morgan fingerprint density at radius 3 is 1.00 bits per heavy atom. The molecule has 4 heteroatoms. The van der Waals surface area contributed by atoms with Gasteiger partial charge in [-0.15, -0.1) is 0 Å². The van der Waals surface area contributed by atoms with Crippen molar-refractivity contribution >= 4 is 0 Å². The first-order valence-corrected chi connectivity index (χ1v) is 0. The second kappa shape index (κ2) is 17.4. The molecule has 2 radical (unpaired) electrons. The van der Waals surface area contributed by atoms with Crippen LogP contribution >= 0.6 is 0 Å². The number of hydrogen-bond acceptors (Lipinski definition) is 0. The maximum atomic E-state index is 0. The van der Waals surface area contributed by atoms with E-state index in [1.54, 1.807) is 0 Å². The fourth-order valence-electron chi connectivity index (χ4n) is 0. The zero-order valence-corrected chi connectivity index (χ0v) is 9.11. The van der Waals surface area contributed by atoms with E-state index in [4.69, 9.17) is 0 Å². The van der Waals surface area contributed by atoms with E-state index >= 15 is 0 Å². The van der Waals surface area contributed by atoms with Crippen molar-refractivity contribution in [3.63, 3.8) is 0 Å². The van der Waals surface area contributed by atoms with Crippen LogP contribution in [0.4, 0.5) is 0 Å². The first-order chi connectivity index (χ1) is 0. The zero-order chi connectivity index (χ0) is 0. The predicted octanol–water partition coefficient (Wildman–Crippen LogP) is -0.0100. The van der Waals surface area contributed by atoms with Crippen LogP contribution in [0, 0.1) is 0 Å². The smallest absolute Gasteiger partial charge is 0 e. The molecule has 0 aliphatic carbocycles. The Balaban J connectivity index is 0. The van der Waals surface area contributed by atoms with Crippen LogP contribution in [0.15, 0.2) is 0 Å². The average Bonchev–Trinajstić information content (AvgIpc) is 0. The molecule has 0 nitrogen and oxygen atoms in total. The van der Waals surface area contributed by atoms with Crippen molar-refractivity contribution in [3.8, 4) is 0 Å². The molecule has 0 aliphatic heterocycles. The normalized spacial score (nSPS) is 0. The van der Waals surface area contributed by atoms with Crippen LogP contribution in [-0.4, -0.2) is 0 Å². The molecule has 0 atom stereocenters.